The molecule has 5 heteroatoms. The molecule has 0 amide bonds. The first-order valence-electron chi connectivity index (χ1n) is 9.36. The number of halogens is 1. The zero-order valence-corrected chi connectivity index (χ0v) is 17.3. The van der Waals surface area contributed by atoms with Crippen molar-refractivity contribution in [2.24, 2.45) is 0 Å². The third kappa shape index (κ3) is 3.57. The number of aromatic nitrogens is 2. The number of nitriles is 1. The monoisotopic (exact) mass is 401 g/mol. The quantitative estimate of drug-likeness (QED) is 0.402. The SMILES string of the molecule is Cc1nn(Cc2cc(-c3ccccc3)oc2C)c(C)c1-c1ccc(C#N)c(Cl)c1. The molecule has 0 aliphatic carbocycles. The van der Waals surface area contributed by atoms with Crippen molar-refractivity contribution in [2.75, 3.05) is 0 Å². The van der Waals surface area contributed by atoms with Crippen LogP contribution in [0.4, 0.5) is 0 Å². The van der Waals surface area contributed by atoms with Crippen LogP contribution >= 0.6 is 11.6 Å². The van der Waals surface area contributed by atoms with Crippen molar-refractivity contribution in [1.82, 2.24) is 9.78 Å². The molecule has 0 bridgehead atoms. The van der Waals surface area contributed by atoms with Gasteiger partial charge in [0, 0.05) is 22.4 Å². The third-order valence-electron chi connectivity index (χ3n) is 5.16. The van der Waals surface area contributed by atoms with E-state index >= 15 is 0 Å². The number of nitrogens with zero attached hydrogens (tertiary/aromatic N) is 3. The van der Waals surface area contributed by atoms with Gasteiger partial charge in [-0.1, -0.05) is 48.0 Å². The van der Waals surface area contributed by atoms with E-state index < -0.39 is 0 Å². The Morgan fingerprint density at radius 2 is 1.79 bits per heavy atom. The first-order valence-corrected chi connectivity index (χ1v) is 9.74. The van der Waals surface area contributed by atoms with Gasteiger partial charge in [-0.25, -0.2) is 0 Å². The predicted octanol–water partition coefficient (Wildman–Crippen LogP) is 6.31. The summed E-state index contributed by atoms with van der Waals surface area (Å²) in [7, 11) is 0. The van der Waals surface area contributed by atoms with E-state index in [9.17, 15) is 0 Å². The highest BCUT2D eigenvalue weighted by atomic mass is 35.5. The summed E-state index contributed by atoms with van der Waals surface area (Å²) in [5.74, 6) is 1.75. The zero-order valence-electron chi connectivity index (χ0n) is 16.5. The summed E-state index contributed by atoms with van der Waals surface area (Å²) in [4.78, 5) is 0. The van der Waals surface area contributed by atoms with Gasteiger partial charge in [0.25, 0.3) is 0 Å². The van der Waals surface area contributed by atoms with Crippen molar-refractivity contribution in [3.63, 3.8) is 0 Å². The topological polar surface area (TPSA) is 54.8 Å². The lowest BCUT2D eigenvalue weighted by molar-refractivity contribution is 0.537. The highest BCUT2D eigenvalue weighted by Gasteiger charge is 2.17. The van der Waals surface area contributed by atoms with Crippen molar-refractivity contribution in [3.05, 3.63) is 87.9 Å². The number of aryl methyl sites for hydroxylation is 2. The molecular formula is C24H20ClN3O. The van der Waals surface area contributed by atoms with E-state index in [-0.39, 0.29) is 0 Å². The van der Waals surface area contributed by atoms with Crippen LogP contribution in [-0.2, 0) is 6.54 Å². The van der Waals surface area contributed by atoms with Crippen LogP contribution < -0.4 is 0 Å². The normalized spacial score (nSPS) is 10.9. The van der Waals surface area contributed by atoms with Gasteiger partial charge in [-0.2, -0.15) is 10.4 Å². The lowest BCUT2D eigenvalue weighted by Gasteiger charge is -2.06. The summed E-state index contributed by atoms with van der Waals surface area (Å²) in [6, 6.07) is 19.8. The van der Waals surface area contributed by atoms with Gasteiger partial charge in [0.1, 0.15) is 17.6 Å². The van der Waals surface area contributed by atoms with Gasteiger partial charge in [-0.05, 0) is 44.5 Å². The van der Waals surface area contributed by atoms with Gasteiger partial charge in [-0.3, -0.25) is 4.68 Å². The molecule has 0 saturated heterocycles. The maximum Gasteiger partial charge on any atom is 0.134 e. The molecule has 144 valence electrons. The number of benzene rings is 2. The molecule has 0 radical (unpaired) electrons. The molecule has 0 aliphatic rings. The largest absolute Gasteiger partial charge is 0.461 e. The van der Waals surface area contributed by atoms with Gasteiger partial charge in [-0.15, -0.1) is 0 Å². The van der Waals surface area contributed by atoms with Crippen LogP contribution in [0, 0.1) is 32.1 Å². The van der Waals surface area contributed by atoms with Gasteiger partial charge in [0.05, 0.1) is 22.8 Å². The van der Waals surface area contributed by atoms with Crippen molar-refractivity contribution in [3.8, 4) is 28.5 Å². The molecule has 0 fully saturated rings. The molecular weight excluding hydrogens is 382 g/mol. The average Bonchev–Trinajstić information content (AvgIpc) is 3.22. The van der Waals surface area contributed by atoms with Gasteiger partial charge in [0.2, 0.25) is 0 Å². The Morgan fingerprint density at radius 3 is 2.48 bits per heavy atom. The molecule has 2 aromatic carbocycles. The molecule has 0 unspecified atom stereocenters. The van der Waals surface area contributed by atoms with E-state index in [1.54, 1.807) is 6.07 Å². The van der Waals surface area contributed by atoms with Crippen molar-refractivity contribution in [2.45, 2.75) is 27.3 Å². The first kappa shape index (κ1) is 19.0. The van der Waals surface area contributed by atoms with Crippen LogP contribution in [0.15, 0.2) is 59.0 Å². The molecule has 2 heterocycles. The van der Waals surface area contributed by atoms with E-state index in [0.717, 1.165) is 45.2 Å². The predicted molar refractivity (Wildman–Crippen MR) is 115 cm³/mol. The van der Waals surface area contributed by atoms with Crippen LogP contribution in [0.2, 0.25) is 5.02 Å². The van der Waals surface area contributed by atoms with Crippen molar-refractivity contribution >= 4 is 11.6 Å². The minimum Gasteiger partial charge on any atom is -0.461 e. The third-order valence-corrected chi connectivity index (χ3v) is 5.47. The van der Waals surface area contributed by atoms with Crippen LogP contribution in [0.5, 0.6) is 0 Å². The number of hydrogen-bond donors (Lipinski definition) is 0. The molecule has 0 atom stereocenters. The van der Waals surface area contributed by atoms with Crippen molar-refractivity contribution in [1.29, 1.82) is 5.26 Å². The van der Waals surface area contributed by atoms with Gasteiger partial charge in [0.15, 0.2) is 0 Å². The van der Waals surface area contributed by atoms with E-state index in [2.05, 4.69) is 19.1 Å². The Balaban J connectivity index is 1.68. The molecule has 0 aliphatic heterocycles. The highest BCUT2D eigenvalue weighted by Crippen LogP contribution is 2.32. The van der Waals surface area contributed by atoms with Gasteiger partial charge < -0.3 is 4.42 Å². The van der Waals surface area contributed by atoms with Crippen LogP contribution in [-0.4, -0.2) is 9.78 Å². The molecule has 29 heavy (non-hydrogen) atoms. The molecule has 4 rings (SSSR count). The fourth-order valence-corrected chi connectivity index (χ4v) is 3.84. The second kappa shape index (κ2) is 7.62. The number of hydrogen-bond acceptors (Lipinski definition) is 3. The fourth-order valence-electron chi connectivity index (χ4n) is 3.61. The molecule has 2 aromatic heterocycles. The van der Waals surface area contributed by atoms with E-state index in [4.69, 9.17) is 26.4 Å². The summed E-state index contributed by atoms with van der Waals surface area (Å²) < 4.78 is 7.98. The summed E-state index contributed by atoms with van der Waals surface area (Å²) in [5, 5.41) is 14.3. The summed E-state index contributed by atoms with van der Waals surface area (Å²) >= 11 is 6.24. The molecule has 0 spiro atoms. The Hall–Kier alpha value is -3.29. The zero-order chi connectivity index (χ0) is 20.5. The number of furan rings is 1. The van der Waals surface area contributed by atoms with Crippen LogP contribution in [0.25, 0.3) is 22.5 Å². The second-order valence-electron chi connectivity index (χ2n) is 7.07. The van der Waals surface area contributed by atoms with E-state index in [0.29, 0.717) is 17.1 Å². The standard InChI is InChI=1S/C24H20ClN3O/c1-15-24(19-9-10-20(13-26)22(25)11-19)16(2)28(27-15)14-21-12-23(29-17(21)3)18-7-5-4-6-8-18/h4-12H,14H2,1-3H3. The van der Waals surface area contributed by atoms with E-state index in [1.807, 2.05) is 61.0 Å². The van der Waals surface area contributed by atoms with Gasteiger partial charge >= 0.3 is 0 Å². The van der Waals surface area contributed by atoms with E-state index in [1.165, 1.54) is 0 Å². The Kier molecular flexibility index (Phi) is 5.00. The summed E-state index contributed by atoms with van der Waals surface area (Å²) in [6.45, 7) is 6.64. The van der Waals surface area contributed by atoms with Crippen LogP contribution in [0.1, 0.15) is 28.3 Å². The maximum absolute atomic E-state index is 9.11. The fraction of sp³-hybridized carbons (Fsp3) is 0.167. The van der Waals surface area contributed by atoms with Crippen molar-refractivity contribution < 1.29 is 4.42 Å². The molecule has 0 N–H and O–H groups in total. The molecule has 4 nitrogen and oxygen atoms in total. The smallest absolute Gasteiger partial charge is 0.134 e. The highest BCUT2D eigenvalue weighted by molar-refractivity contribution is 6.32. The lowest BCUT2D eigenvalue weighted by atomic mass is 10.0. The van der Waals surface area contributed by atoms with Crippen LogP contribution in [0.3, 0.4) is 0 Å². The summed E-state index contributed by atoms with van der Waals surface area (Å²) in [6.07, 6.45) is 0. The summed E-state index contributed by atoms with van der Waals surface area (Å²) in [5.41, 5.74) is 6.60. The molecule has 0 saturated carbocycles. The maximum atomic E-state index is 9.11. The number of rotatable bonds is 4. The Bertz CT molecular complexity index is 1230. The minimum absolute atomic E-state index is 0.453. The average molecular weight is 402 g/mol. The molecule has 4 aromatic rings. The minimum atomic E-state index is 0.453. The second-order valence-corrected chi connectivity index (χ2v) is 7.48. The lowest BCUT2D eigenvalue weighted by Crippen LogP contribution is -2.04. The first-order chi connectivity index (χ1) is 14.0. The Morgan fingerprint density at radius 1 is 1.03 bits per heavy atom. The Labute approximate surface area is 175 Å².